The van der Waals surface area contributed by atoms with Crippen molar-refractivity contribution in [1.29, 1.82) is 0 Å². The van der Waals surface area contributed by atoms with Gasteiger partial charge in [-0.2, -0.15) is 0 Å². The molecule has 0 bridgehead atoms. The average molecular weight is 307 g/mol. The summed E-state index contributed by atoms with van der Waals surface area (Å²) in [5, 5.41) is 0.814. The standard InChI is InChI=1S/C15H17NO4S/c1-11(15(17)20-2)9-21(18,19)10-12-7-8-16-14-6-4-3-5-13(12)14/h3-8,11H,9-10H2,1-2H3. The lowest BCUT2D eigenvalue weighted by atomic mass is 10.1. The van der Waals surface area contributed by atoms with Crippen molar-refractivity contribution < 1.29 is 17.9 Å². The second-order valence-electron chi connectivity index (χ2n) is 4.97. The van der Waals surface area contributed by atoms with Gasteiger partial charge in [0.05, 0.1) is 30.1 Å². The Labute approximate surface area is 123 Å². The molecule has 1 aromatic carbocycles. The van der Waals surface area contributed by atoms with Gasteiger partial charge in [0.15, 0.2) is 9.84 Å². The van der Waals surface area contributed by atoms with Crippen LogP contribution in [0.3, 0.4) is 0 Å². The summed E-state index contributed by atoms with van der Waals surface area (Å²) in [5.41, 5.74) is 1.45. The second kappa shape index (κ2) is 6.22. The molecule has 2 rings (SSSR count). The molecule has 0 radical (unpaired) electrons. The Morgan fingerprint density at radius 2 is 2.00 bits per heavy atom. The maximum absolute atomic E-state index is 12.2. The molecule has 1 aromatic heterocycles. The predicted octanol–water partition coefficient (Wildman–Crippen LogP) is 1.96. The number of pyridine rings is 1. The number of nitrogens with zero attached hydrogens (tertiary/aromatic N) is 1. The minimum absolute atomic E-state index is 0.114. The van der Waals surface area contributed by atoms with Crippen LogP contribution in [0.25, 0.3) is 10.9 Å². The van der Waals surface area contributed by atoms with E-state index in [-0.39, 0.29) is 11.5 Å². The molecule has 0 saturated carbocycles. The molecule has 0 fully saturated rings. The molecule has 21 heavy (non-hydrogen) atoms. The van der Waals surface area contributed by atoms with Crippen molar-refractivity contribution in [2.75, 3.05) is 12.9 Å². The molecule has 0 aliphatic heterocycles. The smallest absolute Gasteiger partial charge is 0.309 e. The van der Waals surface area contributed by atoms with Crippen molar-refractivity contribution in [3.63, 3.8) is 0 Å². The highest BCUT2D eigenvalue weighted by Crippen LogP contribution is 2.19. The van der Waals surface area contributed by atoms with Crippen molar-refractivity contribution >= 4 is 26.7 Å². The molecule has 5 nitrogen and oxygen atoms in total. The fourth-order valence-electron chi connectivity index (χ4n) is 2.23. The first-order valence-electron chi connectivity index (χ1n) is 6.54. The summed E-state index contributed by atoms with van der Waals surface area (Å²) in [6, 6.07) is 9.08. The summed E-state index contributed by atoms with van der Waals surface area (Å²) >= 11 is 0. The molecule has 0 aliphatic carbocycles. The number of methoxy groups -OCH3 is 1. The molecule has 6 heteroatoms. The van der Waals surface area contributed by atoms with Crippen LogP contribution in [0.5, 0.6) is 0 Å². The number of esters is 1. The van der Waals surface area contributed by atoms with Crippen molar-refractivity contribution in [2.45, 2.75) is 12.7 Å². The van der Waals surface area contributed by atoms with Crippen LogP contribution in [0, 0.1) is 5.92 Å². The van der Waals surface area contributed by atoms with E-state index in [0.29, 0.717) is 5.56 Å². The predicted molar refractivity (Wildman–Crippen MR) is 80.4 cm³/mol. The number of hydrogen-bond acceptors (Lipinski definition) is 5. The number of hydrogen-bond donors (Lipinski definition) is 0. The van der Waals surface area contributed by atoms with E-state index in [0.717, 1.165) is 10.9 Å². The summed E-state index contributed by atoms with van der Waals surface area (Å²) in [5.74, 6) is -1.53. The Morgan fingerprint density at radius 3 is 2.71 bits per heavy atom. The van der Waals surface area contributed by atoms with Crippen LogP contribution in [0.1, 0.15) is 12.5 Å². The van der Waals surface area contributed by atoms with Gasteiger partial charge in [0, 0.05) is 11.6 Å². The fraction of sp³-hybridized carbons (Fsp3) is 0.333. The zero-order valence-electron chi connectivity index (χ0n) is 11.9. The number of aromatic nitrogens is 1. The van der Waals surface area contributed by atoms with Crippen LogP contribution in [0.15, 0.2) is 36.5 Å². The first-order valence-corrected chi connectivity index (χ1v) is 8.36. The van der Waals surface area contributed by atoms with E-state index < -0.39 is 21.7 Å². The minimum atomic E-state index is -3.41. The average Bonchev–Trinajstić information content (AvgIpc) is 2.46. The quantitative estimate of drug-likeness (QED) is 0.789. The molecule has 0 spiro atoms. The van der Waals surface area contributed by atoms with Crippen LogP contribution in [-0.2, 0) is 25.1 Å². The third kappa shape index (κ3) is 3.78. The topological polar surface area (TPSA) is 73.3 Å². The van der Waals surface area contributed by atoms with Gasteiger partial charge in [0.1, 0.15) is 0 Å². The first kappa shape index (κ1) is 15.4. The Kier molecular flexibility index (Phi) is 4.57. The molecular formula is C15H17NO4S. The number of rotatable bonds is 5. The molecule has 1 heterocycles. The lowest BCUT2D eigenvalue weighted by Crippen LogP contribution is -2.23. The van der Waals surface area contributed by atoms with E-state index in [1.54, 1.807) is 19.2 Å². The van der Waals surface area contributed by atoms with Gasteiger partial charge in [0.2, 0.25) is 0 Å². The van der Waals surface area contributed by atoms with E-state index in [2.05, 4.69) is 9.72 Å². The van der Waals surface area contributed by atoms with Crippen LogP contribution in [0.4, 0.5) is 0 Å². The zero-order valence-corrected chi connectivity index (χ0v) is 12.8. The Balaban J connectivity index is 2.25. The SMILES string of the molecule is COC(=O)C(C)CS(=O)(=O)Cc1ccnc2ccccc12. The van der Waals surface area contributed by atoms with Crippen molar-refractivity contribution in [3.8, 4) is 0 Å². The first-order chi connectivity index (χ1) is 9.93. The van der Waals surface area contributed by atoms with Gasteiger partial charge in [-0.25, -0.2) is 8.42 Å². The third-order valence-electron chi connectivity index (χ3n) is 3.22. The maximum atomic E-state index is 12.2. The lowest BCUT2D eigenvalue weighted by molar-refractivity contribution is -0.144. The number of ether oxygens (including phenoxy) is 1. The monoisotopic (exact) mass is 307 g/mol. The summed E-state index contributed by atoms with van der Waals surface area (Å²) in [4.78, 5) is 15.6. The number of benzene rings is 1. The number of fused-ring (bicyclic) bond motifs is 1. The molecule has 112 valence electrons. The highest BCUT2D eigenvalue weighted by molar-refractivity contribution is 7.90. The number of carbonyl (C=O) groups is 1. The molecule has 1 atom stereocenters. The highest BCUT2D eigenvalue weighted by atomic mass is 32.2. The highest BCUT2D eigenvalue weighted by Gasteiger charge is 2.23. The van der Waals surface area contributed by atoms with Crippen LogP contribution >= 0.6 is 0 Å². The molecule has 2 aromatic rings. The second-order valence-corrected chi connectivity index (χ2v) is 7.08. The van der Waals surface area contributed by atoms with Crippen LogP contribution in [0.2, 0.25) is 0 Å². The van der Waals surface area contributed by atoms with Crippen LogP contribution < -0.4 is 0 Å². The van der Waals surface area contributed by atoms with E-state index in [4.69, 9.17) is 0 Å². The largest absolute Gasteiger partial charge is 0.469 e. The summed E-state index contributed by atoms with van der Waals surface area (Å²) in [6.45, 7) is 1.55. The maximum Gasteiger partial charge on any atom is 0.309 e. The summed E-state index contributed by atoms with van der Waals surface area (Å²) in [7, 11) is -2.16. The summed E-state index contributed by atoms with van der Waals surface area (Å²) < 4.78 is 29.1. The number of sulfone groups is 1. The minimum Gasteiger partial charge on any atom is -0.469 e. The third-order valence-corrected chi connectivity index (χ3v) is 4.98. The number of carbonyl (C=O) groups excluding carboxylic acids is 1. The van der Waals surface area contributed by atoms with E-state index in [1.165, 1.54) is 7.11 Å². The van der Waals surface area contributed by atoms with E-state index in [9.17, 15) is 13.2 Å². The molecule has 0 amide bonds. The van der Waals surface area contributed by atoms with Gasteiger partial charge in [-0.3, -0.25) is 9.78 Å². The van der Waals surface area contributed by atoms with Crippen LogP contribution in [-0.4, -0.2) is 32.2 Å². The lowest BCUT2D eigenvalue weighted by Gasteiger charge is -2.11. The Bertz CT molecular complexity index is 750. The van der Waals surface area contributed by atoms with E-state index >= 15 is 0 Å². The van der Waals surface area contributed by atoms with Gasteiger partial charge in [-0.15, -0.1) is 0 Å². The van der Waals surface area contributed by atoms with Gasteiger partial charge >= 0.3 is 5.97 Å². The van der Waals surface area contributed by atoms with Crippen molar-refractivity contribution in [2.24, 2.45) is 5.92 Å². The Hall–Kier alpha value is -1.95. The normalized spacial score (nSPS) is 13.0. The fourth-order valence-corrected chi connectivity index (χ4v) is 3.97. The van der Waals surface area contributed by atoms with Gasteiger partial charge in [-0.1, -0.05) is 25.1 Å². The number of para-hydroxylation sites is 1. The zero-order chi connectivity index (χ0) is 15.5. The molecular weight excluding hydrogens is 290 g/mol. The van der Waals surface area contributed by atoms with Gasteiger partial charge in [0.25, 0.3) is 0 Å². The van der Waals surface area contributed by atoms with Crippen molar-refractivity contribution in [3.05, 3.63) is 42.1 Å². The van der Waals surface area contributed by atoms with Crippen molar-refractivity contribution in [1.82, 2.24) is 4.98 Å². The van der Waals surface area contributed by atoms with Gasteiger partial charge in [-0.05, 0) is 17.7 Å². The molecule has 0 N–H and O–H groups in total. The molecule has 1 unspecified atom stereocenters. The summed E-state index contributed by atoms with van der Waals surface area (Å²) in [6.07, 6.45) is 1.59. The molecule has 0 aliphatic rings. The van der Waals surface area contributed by atoms with Gasteiger partial charge < -0.3 is 4.74 Å². The Morgan fingerprint density at radius 1 is 1.29 bits per heavy atom. The molecule has 0 saturated heterocycles. The van der Waals surface area contributed by atoms with E-state index in [1.807, 2.05) is 24.3 Å².